The van der Waals surface area contributed by atoms with E-state index in [-0.39, 0.29) is 18.0 Å². The number of anilines is 1. The van der Waals surface area contributed by atoms with Gasteiger partial charge in [0.2, 0.25) is 0 Å². The van der Waals surface area contributed by atoms with Crippen LogP contribution in [0, 0.1) is 11.3 Å². The molecular formula is C11H16N4O. The van der Waals surface area contributed by atoms with Gasteiger partial charge in [-0.3, -0.25) is 4.68 Å². The molecular weight excluding hydrogens is 204 g/mol. The summed E-state index contributed by atoms with van der Waals surface area (Å²) in [4.78, 5) is 0. The van der Waals surface area contributed by atoms with E-state index in [1.807, 2.05) is 6.07 Å². The number of rotatable bonds is 1. The SMILES string of the molecule is N#Cc1cn(C2CCCCCC2O)nc1N. The summed E-state index contributed by atoms with van der Waals surface area (Å²) >= 11 is 0. The molecule has 0 aromatic carbocycles. The maximum atomic E-state index is 9.99. The van der Waals surface area contributed by atoms with E-state index in [9.17, 15) is 5.11 Å². The summed E-state index contributed by atoms with van der Waals surface area (Å²) in [6.07, 6.45) is 6.24. The van der Waals surface area contributed by atoms with Crippen LogP contribution in [0.1, 0.15) is 43.7 Å². The third kappa shape index (κ3) is 2.02. The first-order chi connectivity index (χ1) is 7.72. The zero-order valence-corrected chi connectivity index (χ0v) is 9.13. The second kappa shape index (κ2) is 4.54. The molecule has 0 bridgehead atoms. The van der Waals surface area contributed by atoms with Gasteiger partial charge >= 0.3 is 0 Å². The summed E-state index contributed by atoms with van der Waals surface area (Å²) in [7, 11) is 0. The highest BCUT2D eigenvalue weighted by Crippen LogP contribution is 2.28. The lowest BCUT2D eigenvalue weighted by atomic mass is 10.1. The Labute approximate surface area is 94.5 Å². The second-order valence-corrected chi connectivity index (χ2v) is 4.29. The van der Waals surface area contributed by atoms with Gasteiger partial charge in [-0.2, -0.15) is 10.4 Å². The van der Waals surface area contributed by atoms with Gasteiger partial charge in [0.15, 0.2) is 5.82 Å². The van der Waals surface area contributed by atoms with Gasteiger partial charge in [-0.15, -0.1) is 0 Å². The van der Waals surface area contributed by atoms with Gasteiger partial charge in [0.25, 0.3) is 0 Å². The zero-order valence-electron chi connectivity index (χ0n) is 9.13. The Bertz CT molecular complexity index is 407. The lowest BCUT2D eigenvalue weighted by Crippen LogP contribution is -2.23. The molecule has 1 fully saturated rings. The van der Waals surface area contributed by atoms with Crippen LogP contribution < -0.4 is 5.73 Å². The molecule has 5 nitrogen and oxygen atoms in total. The topological polar surface area (TPSA) is 87.9 Å². The highest BCUT2D eigenvalue weighted by molar-refractivity contribution is 5.46. The molecule has 1 aromatic heterocycles. The largest absolute Gasteiger partial charge is 0.391 e. The van der Waals surface area contributed by atoms with E-state index in [0.29, 0.717) is 5.56 Å². The fraction of sp³-hybridized carbons (Fsp3) is 0.636. The van der Waals surface area contributed by atoms with E-state index < -0.39 is 0 Å². The van der Waals surface area contributed by atoms with E-state index >= 15 is 0 Å². The van der Waals surface area contributed by atoms with Crippen LogP contribution in [0.25, 0.3) is 0 Å². The predicted molar refractivity (Wildman–Crippen MR) is 59.5 cm³/mol. The van der Waals surface area contributed by atoms with Crippen molar-refractivity contribution in [1.82, 2.24) is 9.78 Å². The lowest BCUT2D eigenvalue weighted by molar-refractivity contribution is 0.0992. The number of aliphatic hydroxyl groups excluding tert-OH is 1. The third-order valence-corrected chi connectivity index (χ3v) is 3.16. The van der Waals surface area contributed by atoms with Crippen molar-refractivity contribution >= 4 is 5.82 Å². The van der Waals surface area contributed by atoms with Gasteiger partial charge < -0.3 is 10.8 Å². The summed E-state index contributed by atoms with van der Waals surface area (Å²) < 4.78 is 1.66. The highest BCUT2D eigenvalue weighted by atomic mass is 16.3. The molecule has 0 spiro atoms. The molecule has 1 heterocycles. The Kier molecular flexibility index (Phi) is 3.11. The van der Waals surface area contributed by atoms with E-state index in [1.165, 1.54) is 0 Å². The van der Waals surface area contributed by atoms with Crippen LogP contribution in [-0.2, 0) is 0 Å². The average Bonchev–Trinajstić information content (AvgIpc) is 2.50. The molecule has 2 unspecified atom stereocenters. The van der Waals surface area contributed by atoms with E-state index in [4.69, 9.17) is 11.0 Å². The van der Waals surface area contributed by atoms with Gasteiger partial charge in [0.05, 0.1) is 12.1 Å². The van der Waals surface area contributed by atoms with E-state index in [1.54, 1.807) is 10.9 Å². The number of aromatic nitrogens is 2. The van der Waals surface area contributed by atoms with Crippen LogP contribution in [0.15, 0.2) is 6.20 Å². The Morgan fingerprint density at radius 1 is 1.44 bits per heavy atom. The Morgan fingerprint density at radius 3 is 2.88 bits per heavy atom. The minimum Gasteiger partial charge on any atom is -0.391 e. The van der Waals surface area contributed by atoms with Gasteiger partial charge in [-0.25, -0.2) is 0 Å². The smallest absolute Gasteiger partial charge is 0.163 e. The second-order valence-electron chi connectivity index (χ2n) is 4.29. The molecule has 1 aliphatic carbocycles. The monoisotopic (exact) mass is 220 g/mol. The number of nitrogen functional groups attached to an aromatic ring is 1. The summed E-state index contributed by atoms with van der Waals surface area (Å²) in [5.74, 6) is 0.249. The molecule has 1 aromatic rings. The van der Waals surface area contributed by atoms with Crippen molar-refractivity contribution in [3.63, 3.8) is 0 Å². The fourth-order valence-corrected chi connectivity index (χ4v) is 2.24. The van der Waals surface area contributed by atoms with Crippen molar-refractivity contribution in [2.75, 3.05) is 5.73 Å². The summed E-state index contributed by atoms with van der Waals surface area (Å²) in [6.45, 7) is 0. The number of nitrogens with two attached hydrogens (primary N) is 1. The van der Waals surface area contributed by atoms with Crippen molar-refractivity contribution in [1.29, 1.82) is 5.26 Å². The maximum absolute atomic E-state index is 9.99. The number of nitriles is 1. The van der Waals surface area contributed by atoms with Gasteiger partial charge in [0, 0.05) is 6.20 Å². The molecule has 0 radical (unpaired) electrons. The Balaban J connectivity index is 2.24. The predicted octanol–water partition coefficient (Wildman–Crippen LogP) is 1.20. The van der Waals surface area contributed by atoms with Crippen molar-refractivity contribution in [3.05, 3.63) is 11.8 Å². The summed E-state index contributed by atoms with van der Waals surface area (Å²) in [5, 5.41) is 22.9. The molecule has 0 saturated heterocycles. The first kappa shape index (κ1) is 11.0. The van der Waals surface area contributed by atoms with E-state index in [0.717, 1.165) is 32.1 Å². The molecule has 86 valence electrons. The number of nitrogens with zero attached hydrogens (tertiary/aromatic N) is 3. The molecule has 1 aliphatic rings. The van der Waals surface area contributed by atoms with E-state index in [2.05, 4.69) is 5.10 Å². The van der Waals surface area contributed by atoms with Crippen LogP contribution in [0.5, 0.6) is 0 Å². The van der Waals surface area contributed by atoms with Crippen LogP contribution in [0.3, 0.4) is 0 Å². The van der Waals surface area contributed by atoms with Crippen LogP contribution in [-0.4, -0.2) is 21.0 Å². The average molecular weight is 220 g/mol. The zero-order chi connectivity index (χ0) is 11.5. The van der Waals surface area contributed by atoms with Crippen LogP contribution in [0.4, 0.5) is 5.82 Å². The number of hydrogen-bond donors (Lipinski definition) is 2. The van der Waals surface area contributed by atoms with Crippen LogP contribution in [0.2, 0.25) is 0 Å². The van der Waals surface area contributed by atoms with Crippen molar-refractivity contribution in [3.8, 4) is 6.07 Å². The minimum absolute atomic E-state index is 0.0353. The lowest BCUT2D eigenvalue weighted by Gasteiger charge is -2.20. The summed E-state index contributed by atoms with van der Waals surface area (Å²) in [5.41, 5.74) is 5.99. The van der Waals surface area contributed by atoms with Gasteiger partial charge in [-0.05, 0) is 12.8 Å². The number of aliphatic hydroxyl groups is 1. The Morgan fingerprint density at radius 2 is 2.19 bits per heavy atom. The molecule has 5 heteroatoms. The third-order valence-electron chi connectivity index (χ3n) is 3.16. The van der Waals surface area contributed by atoms with Gasteiger partial charge in [0.1, 0.15) is 11.6 Å². The first-order valence-electron chi connectivity index (χ1n) is 5.65. The van der Waals surface area contributed by atoms with Crippen molar-refractivity contribution in [2.45, 2.75) is 44.2 Å². The molecule has 3 N–H and O–H groups in total. The van der Waals surface area contributed by atoms with Gasteiger partial charge in [-0.1, -0.05) is 19.3 Å². The molecule has 2 rings (SSSR count). The quantitative estimate of drug-likeness (QED) is 0.696. The summed E-state index contributed by atoms with van der Waals surface area (Å²) in [6, 6.07) is 1.96. The normalized spacial score (nSPS) is 26.0. The van der Waals surface area contributed by atoms with Crippen molar-refractivity contribution < 1.29 is 5.11 Å². The van der Waals surface area contributed by atoms with Crippen molar-refractivity contribution in [2.24, 2.45) is 0 Å². The number of hydrogen-bond acceptors (Lipinski definition) is 4. The first-order valence-corrected chi connectivity index (χ1v) is 5.65. The molecule has 0 amide bonds. The minimum atomic E-state index is -0.381. The Hall–Kier alpha value is -1.54. The van der Waals surface area contributed by atoms with Crippen LogP contribution >= 0.6 is 0 Å². The fourth-order valence-electron chi connectivity index (χ4n) is 2.24. The standard InChI is InChI=1S/C11H16N4O/c12-6-8-7-15(14-11(8)13)9-4-2-1-3-5-10(9)16/h7,9-10,16H,1-5H2,(H2,13,14). The highest BCUT2D eigenvalue weighted by Gasteiger charge is 2.24. The molecule has 16 heavy (non-hydrogen) atoms. The molecule has 2 atom stereocenters. The maximum Gasteiger partial charge on any atom is 0.163 e. The molecule has 0 aliphatic heterocycles. The molecule has 1 saturated carbocycles.